The van der Waals surface area contributed by atoms with E-state index >= 15 is 0 Å². The van der Waals surface area contributed by atoms with Crippen LogP contribution in [-0.4, -0.2) is 9.55 Å². The Kier molecular flexibility index (Phi) is 5.26. The topological polar surface area (TPSA) is 34.9 Å². The molecule has 3 nitrogen and oxygen atoms in total. The second-order valence-electron chi connectivity index (χ2n) is 6.60. The summed E-state index contributed by atoms with van der Waals surface area (Å²) in [6.45, 7) is 2.49. The Balaban J connectivity index is 1.77. The summed E-state index contributed by atoms with van der Waals surface area (Å²) in [6.07, 6.45) is 0. The first-order valence-electron chi connectivity index (χ1n) is 9.07. The van der Waals surface area contributed by atoms with E-state index in [1.54, 1.807) is 16.7 Å². The molecule has 0 aliphatic heterocycles. The Morgan fingerprint density at radius 3 is 2.39 bits per heavy atom. The average Bonchev–Trinajstić information content (AvgIpc) is 2.72. The molecule has 0 unspecified atom stereocenters. The van der Waals surface area contributed by atoms with E-state index in [9.17, 15) is 9.18 Å². The number of halogens is 1. The summed E-state index contributed by atoms with van der Waals surface area (Å²) in [4.78, 5) is 17.9. The molecule has 28 heavy (non-hydrogen) atoms. The molecule has 5 heteroatoms. The molecule has 3 aromatic carbocycles. The average molecular weight is 390 g/mol. The van der Waals surface area contributed by atoms with Gasteiger partial charge in [0.15, 0.2) is 5.16 Å². The van der Waals surface area contributed by atoms with Crippen molar-refractivity contribution in [3.63, 3.8) is 0 Å². The molecule has 0 amide bonds. The molecule has 1 heterocycles. The number of para-hydroxylation sites is 1. The van der Waals surface area contributed by atoms with E-state index in [0.29, 0.717) is 22.6 Å². The van der Waals surface area contributed by atoms with Crippen LogP contribution in [0.1, 0.15) is 23.3 Å². The molecule has 0 aliphatic carbocycles. The van der Waals surface area contributed by atoms with Crippen molar-refractivity contribution >= 4 is 22.7 Å². The van der Waals surface area contributed by atoms with E-state index in [4.69, 9.17) is 4.98 Å². The Labute approximate surface area is 166 Å². The van der Waals surface area contributed by atoms with Gasteiger partial charge in [0.25, 0.3) is 5.56 Å². The second kappa shape index (κ2) is 7.98. The molecule has 0 N–H and O–H groups in total. The van der Waals surface area contributed by atoms with Gasteiger partial charge in [-0.1, -0.05) is 66.4 Å². The number of benzene rings is 3. The zero-order chi connectivity index (χ0) is 19.5. The van der Waals surface area contributed by atoms with Crippen molar-refractivity contribution in [3.05, 3.63) is 106 Å². The highest BCUT2D eigenvalue weighted by atomic mass is 32.2. The van der Waals surface area contributed by atoms with Crippen LogP contribution in [0.3, 0.4) is 0 Å². The smallest absolute Gasteiger partial charge is 0.262 e. The summed E-state index contributed by atoms with van der Waals surface area (Å²) in [6, 6.07) is 23.7. The van der Waals surface area contributed by atoms with Gasteiger partial charge in [0, 0.05) is 5.25 Å². The van der Waals surface area contributed by atoms with Crippen LogP contribution in [0.5, 0.6) is 0 Å². The molecule has 1 aromatic heterocycles. The largest absolute Gasteiger partial charge is 0.283 e. The van der Waals surface area contributed by atoms with Crippen molar-refractivity contribution in [1.29, 1.82) is 0 Å². The minimum atomic E-state index is -0.259. The Bertz CT molecular complexity index is 1160. The van der Waals surface area contributed by atoms with Gasteiger partial charge in [-0.15, -0.1) is 0 Å². The van der Waals surface area contributed by atoms with E-state index in [1.807, 2.05) is 61.5 Å². The Morgan fingerprint density at radius 1 is 0.964 bits per heavy atom. The van der Waals surface area contributed by atoms with Gasteiger partial charge in [0.1, 0.15) is 5.82 Å². The van der Waals surface area contributed by atoms with E-state index in [2.05, 4.69) is 0 Å². The standard InChI is InChI=1S/C23H19FN2OS/c1-16(18-11-13-19(24)14-12-18)28-23-25-21-10-6-5-9-20(21)22(27)26(23)15-17-7-3-2-4-8-17/h2-14,16H,15H2,1H3/t16-/m1/s1. The van der Waals surface area contributed by atoms with Crippen LogP contribution in [0.2, 0.25) is 0 Å². The van der Waals surface area contributed by atoms with Gasteiger partial charge in [0.2, 0.25) is 0 Å². The number of rotatable bonds is 5. The van der Waals surface area contributed by atoms with Crippen LogP contribution < -0.4 is 5.56 Å². The van der Waals surface area contributed by atoms with Crippen LogP contribution in [0.4, 0.5) is 4.39 Å². The van der Waals surface area contributed by atoms with Crippen LogP contribution in [0.25, 0.3) is 10.9 Å². The molecule has 0 saturated carbocycles. The lowest BCUT2D eigenvalue weighted by atomic mass is 10.2. The second-order valence-corrected chi connectivity index (χ2v) is 7.91. The van der Waals surface area contributed by atoms with Gasteiger partial charge in [-0.2, -0.15) is 0 Å². The minimum Gasteiger partial charge on any atom is -0.283 e. The fourth-order valence-corrected chi connectivity index (χ4v) is 4.14. The molecule has 4 aromatic rings. The summed E-state index contributed by atoms with van der Waals surface area (Å²) in [5.74, 6) is -0.259. The maximum Gasteiger partial charge on any atom is 0.262 e. The third-order valence-corrected chi connectivity index (χ3v) is 5.78. The highest BCUT2D eigenvalue weighted by Gasteiger charge is 2.16. The highest BCUT2D eigenvalue weighted by Crippen LogP contribution is 2.34. The first kappa shape index (κ1) is 18.4. The first-order valence-corrected chi connectivity index (χ1v) is 9.95. The third-order valence-electron chi connectivity index (χ3n) is 4.63. The maximum absolute atomic E-state index is 13.2. The van der Waals surface area contributed by atoms with Gasteiger partial charge in [0.05, 0.1) is 17.4 Å². The quantitative estimate of drug-likeness (QED) is 0.336. The van der Waals surface area contributed by atoms with Crippen LogP contribution >= 0.6 is 11.8 Å². The van der Waals surface area contributed by atoms with Crippen LogP contribution in [0.15, 0.2) is 88.8 Å². The fraction of sp³-hybridized carbons (Fsp3) is 0.130. The van der Waals surface area contributed by atoms with Crippen molar-refractivity contribution in [2.24, 2.45) is 0 Å². The summed E-state index contributed by atoms with van der Waals surface area (Å²) >= 11 is 1.51. The Hall–Kier alpha value is -2.92. The first-order chi connectivity index (χ1) is 13.6. The van der Waals surface area contributed by atoms with Crippen LogP contribution in [-0.2, 0) is 6.54 Å². The van der Waals surface area contributed by atoms with Crippen molar-refractivity contribution in [3.8, 4) is 0 Å². The Morgan fingerprint density at radius 2 is 1.64 bits per heavy atom. The SMILES string of the molecule is C[C@@H](Sc1nc2ccccc2c(=O)n1Cc1ccccc1)c1ccc(F)cc1. The highest BCUT2D eigenvalue weighted by molar-refractivity contribution is 7.99. The van der Waals surface area contributed by atoms with Gasteiger partial charge in [-0.3, -0.25) is 9.36 Å². The molecule has 0 bridgehead atoms. The molecule has 0 spiro atoms. The molecular formula is C23H19FN2OS. The molecule has 0 radical (unpaired) electrons. The van der Waals surface area contributed by atoms with E-state index in [0.717, 1.165) is 11.1 Å². The number of nitrogens with zero attached hydrogens (tertiary/aromatic N) is 2. The summed E-state index contributed by atoms with van der Waals surface area (Å²) < 4.78 is 15.0. The zero-order valence-electron chi connectivity index (χ0n) is 15.4. The van der Waals surface area contributed by atoms with Crippen molar-refractivity contribution in [2.75, 3.05) is 0 Å². The lowest BCUT2D eigenvalue weighted by Crippen LogP contribution is -2.24. The van der Waals surface area contributed by atoms with Gasteiger partial charge in [-0.05, 0) is 42.3 Å². The van der Waals surface area contributed by atoms with Crippen molar-refractivity contribution < 1.29 is 4.39 Å². The normalized spacial score (nSPS) is 12.2. The monoisotopic (exact) mass is 390 g/mol. The molecule has 0 aliphatic rings. The minimum absolute atomic E-state index is 0.0238. The van der Waals surface area contributed by atoms with Crippen molar-refractivity contribution in [2.45, 2.75) is 23.9 Å². The van der Waals surface area contributed by atoms with Gasteiger partial charge < -0.3 is 0 Å². The van der Waals surface area contributed by atoms with Gasteiger partial charge >= 0.3 is 0 Å². The molecular weight excluding hydrogens is 371 g/mol. The number of thioether (sulfide) groups is 1. The lowest BCUT2D eigenvalue weighted by molar-refractivity contribution is 0.627. The van der Waals surface area contributed by atoms with Gasteiger partial charge in [-0.25, -0.2) is 9.37 Å². The molecule has 1 atom stereocenters. The summed E-state index contributed by atoms with van der Waals surface area (Å²) in [5.41, 5.74) is 2.66. The van der Waals surface area contributed by atoms with Crippen molar-refractivity contribution in [1.82, 2.24) is 9.55 Å². The molecule has 0 saturated heterocycles. The third kappa shape index (κ3) is 3.85. The van der Waals surface area contributed by atoms with E-state index < -0.39 is 0 Å². The molecule has 4 rings (SSSR count). The predicted octanol–water partition coefficient (Wildman–Crippen LogP) is 5.44. The number of fused-ring (bicyclic) bond motifs is 1. The number of hydrogen-bond acceptors (Lipinski definition) is 3. The number of aromatic nitrogens is 2. The lowest BCUT2D eigenvalue weighted by Gasteiger charge is -2.17. The van der Waals surface area contributed by atoms with Crippen LogP contribution in [0, 0.1) is 5.82 Å². The molecule has 140 valence electrons. The number of hydrogen-bond donors (Lipinski definition) is 0. The zero-order valence-corrected chi connectivity index (χ0v) is 16.2. The summed E-state index contributed by atoms with van der Waals surface area (Å²) in [7, 11) is 0. The fourth-order valence-electron chi connectivity index (χ4n) is 3.10. The maximum atomic E-state index is 13.2. The van der Waals surface area contributed by atoms with E-state index in [-0.39, 0.29) is 16.6 Å². The van der Waals surface area contributed by atoms with E-state index in [1.165, 1.54) is 23.9 Å². The predicted molar refractivity (Wildman–Crippen MR) is 112 cm³/mol. The molecule has 0 fully saturated rings. The summed E-state index contributed by atoms with van der Waals surface area (Å²) in [5, 5.41) is 1.29.